The molecule has 1 amide bonds. The first-order valence-corrected chi connectivity index (χ1v) is 12.7. The molecule has 0 aliphatic heterocycles. The summed E-state index contributed by atoms with van der Waals surface area (Å²) in [7, 11) is -1.77. The number of nitrogens with zero attached hydrogens (tertiary/aromatic N) is 1. The van der Waals surface area contributed by atoms with E-state index in [-0.39, 0.29) is 21.7 Å². The maximum absolute atomic E-state index is 13.7. The van der Waals surface area contributed by atoms with Gasteiger partial charge in [-0.2, -0.15) is 0 Å². The van der Waals surface area contributed by atoms with Gasteiger partial charge < -0.3 is 14.8 Å². The summed E-state index contributed by atoms with van der Waals surface area (Å²) >= 11 is 0. The van der Waals surface area contributed by atoms with E-state index in [0.29, 0.717) is 11.3 Å². The summed E-state index contributed by atoms with van der Waals surface area (Å²) in [6.07, 6.45) is 0. The summed E-state index contributed by atoms with van der Waals surface area (Å²) in [4.78, 5) is 37.6. The zero-order valence-electron chi connectivity index (χ0n) is 21.2. The average molecular weight is 525 g/mol. The van der Waals surface area contributed by atoms with Crippen LogP contribution in [0.15, 0.2) is 65.6 Å². The third-order valence-corrected chi connectivity index (χ3v) is 7.63. The van der Waals surface area contributed by atoms with E-state index in [9.17, 15) is 22.8 Å². The van der Waals surface area contributed by atoms with Crippen LogP contribution >= 0.6 is 0 Å². The Morgan fingerprint density at radius 3 is 2.14 bits per heavy atom. The van der Waals surface area contributed by atoms with Gasteiger partial charge in [-0.25, -0.2) is 18.0 Å². The zero-order valence-corrected chi connectivity index (χ0v) is 22.0. The van der Waals surface area contributed by atoms with Crippen molar-refractivity contribution in [2.24, 2.45) is 0 Å². The van der Waals surface area contributed by atoms with E-state index in [1.165, 1.54) is 44.6 Å². The molecule has 0 atom stereocenters. The molecule has 3 rings (SSSR count). The van der Waals surface area contributed by atoms with Crippen molar-refractivity contribution in [1.82, 2.24) is 0 Å². The smallest absolute Gasteiger partial charge is 0.339 e. The molecule has 1 N–H and O–H groups in total. The number of aryl methyl sites for hydroxylation is 2. The molecule has 0 heterocycles. The van der Waals surface area contributed by atoms with Crippen LogP contribution in [0.3, 0.4) is 0 Å². The summed E-state index contributed by atoms with van der Waals surface area (Å²) < 4.78 is 37.9. The minimum atomic E-state index is -4.15. The fourth-order valence-electron chi connectivity index (χ4n) is 3.64. The first kappa shape index (κ1) is 27.4. The highest BCUT2D eigenvalue weighted by atomic mass is 32.2. The van der Waals surface area contributed by atoms with Crippen LogP contribution in [0.2, 0.25) is 0 Å². The van der Waals surface area contributed by atoms with Crippen molar-refractivity contribution in [3.63, 3.8) is 0 Å². The van der Waals surface area contributed by atoms with E-state index in [1.54, 1.807) is 31.2 Å². The Kier molecular flexibility index (Phi) is 8.34. The van der Waals surface area contributed by atoms with Crippen LogP contribution in [0.4, 0.5) is 11.4 Å². The van der Waals surface area contributed by atoms with Gasteiger partial charge in [0.2, 0.25) is 5.91 Å². The molecule has 0 radical (unpaired) electrons. The lowest BCUT2D eigenvalue weighted by atomic mass is 10.1. The zero-order chi connectivity index (χ0) is 27.3. The number of methoxy groups -OCH3 is 2. The Hall–Kier alpha value is -4.18. The lowest BCUT2D eigenvalue weighted by molar-refractivity contribution is -0.114. The van der Waals surface area contributed by atoms with E-state index in [2.05, 4.69) is 5.32 Å². The van der Waals surface area contributed by atoms with Crippen LogP contribution in [-0.2, 0) is 24.3 Å². The lowest BCUT2D eigenvalue weighted by Crippen LogP contribution is -2.39. The molecule has 0 fully saturated rings. The molecule has 37 heavy (non-hydrogen) atoms. The predicted molar refractivity (Wildman–Crippen MR) is 139 cm³/mol. The summed E-state index contributed by atoms with van der Waals surface area (Å²) in [6.45, 7) is 4.86. The second-order valence-corrected chi connectivity index (χ2v) is 10.2. The monoisotopic (exact) mass is 524 g/mol. The average Bonchev–Trinajstić information content (AvgIpc) is 2.88. The molecule has 0 aromatic heterocycles. The Bertz CT molecular complexity index is 1450. The number of benzene rings is 3. The van der Waals surface area contributed by atoms with Crippen LogP contribution in [0.1, 0.15) is 37.4 Å². The van der Waals surface area contributed by atoms with Crippen molar-refractivity contribution >= 4 is 39.2 Å². The number of ether oxygens (including phenoxy) is 2. The number of rotatable bonds is 8. The second-order valence-electron chi connectivity index (χ2n) is 8.34. The van der Waals surface area contributed by atoms with Crippen molar-refractivity contribution in [3.8, 4) is 0 Å². The number of sulfonamides is 1. The van der Waals surface area contributed by atoms with Gasteiger partial charge in [-0.3, -0.25) is 9.10 Å². The van der Waals surface area contributed by atoms with Gasteiger partial charge in [-0.15, -0.1) is 0 Å². The molecule has 0 aliphatic carbocycles. The maximum Gasteiger partial charge on any atom is 0.339 e. The summed E-state index contributed by atoms with van der Waals surface area (Å²) in [5.74, 6) is -2.15. The van der Waals surface area contributed by atoms with Crippen LogP contribution in [0, 0.1) is 20.8 Å². The van der Waals surface area contributed by atoms with E-state index >= 15 is 0 Å². The van der Waals surface area contributed by atoms with E-state index in [0.717, 1.165) is 15.4 Å². The fourth-order valence-corrected chi connectivity index (χ4v) is 5.12. The number of carbonyl (C=O) groups is 3. The topological polar surface area (TPSA) is 119 Å². The molecule has 0 bridgehead atoms. The molecule has 10 heteroatoms. The fraction of sp³-hybridized carbons (Fsp3) is 0.222. The van der Waals surface area contributed by atoms with Crippen molar-refractivity contribution < 1.29 is 32.3 Å². The third kappa shape index (κ3) is 5.97. The molecule has 0 unspecified atom stereocenters. The highest BCUT2D eigenvalue weighted by Gasteiger charge is 2.29. The SMILES string of the molecule is COC(=O)c1ccc(C(=O)OC)c(NC(=O)CN(c2cccc(C)c2C)S(=O)(=O)c2ccc(C)cc2)c1. The highest BCUT2D eigenvalue weighted by molar-refractivity contribution is 7.92. The van der Waals surface area contributed by atoms with E-state index in [4.69, 9.17) is 9.47 Å². The van der Waals surface area contributed by atoms with E-state index in [1.807, 2.05) is 19.9 Å². The van der Waals surface area contributed by atoms with Crippen LogP contribution in [0.25, 0.3) is 0 Å². The van der Waals surface area contributed by atoms with Gasteiger partial charge in [0.15, 0.2) is 0 Å². The van der Waals surface area contributed by atoms with Crippen LogP contribution < -0.4 is 9.62 Å². The quantitative estimate of drug-likeness (QED) is 0.442. The number of carbonyl (C=O) groups excluding carboxylic acids is 3. The number of esters is 2. The molecule has 3 aromatic carbocycles. The highest BCUT2D eigenvalue weighted by Crippen LogP contribution is 2.29. The number of hydrogen-bond donors (Lipinski definition) is 1. The molecule has 0 saturated heterocycles. The minimum absolute atomic E-state index is 0.0109. The van der Waals surface area contributed by atoms with E-state index < -0.39 is 34.4 Å². The lowest BCUT2D eigenvalue weighted by Gasteiger charge is -2.26. The van der Waals surface area contributed by atoms with Crippen molar-refractivity contribution in [2.75, 3.05) is 30.4 Å². The molecule has 0 aliphatic rings. The largest absolute Gasteiger partial charge is 0.465 e. The van der Waals surface area contributed by atoms with Crippen molar-refractivity contribution in [3.05, 3.63) is 88.5 Å². The molecule has 0 saturated carbocycles. The van der Waals surface area contributed by atoms with Gasteiger partial charge in [0.25, 0.3) is 10.0 Å². The summed E-state index contributed by atoms with van der Waals surface area (Å²) in [6, 6.07) is 15.4. The molecule has 3 aromatic rings. The molecule has 9 nitrogen and oxygen atoms in total. The van der Waals surface area contributed by atoms with Gasteiger partial charge >= 0.3 is 11.9 Å². The molecular formula is C27H28N2O7S. The van der Waals surface area contributed by atoms with Crippen molar-refractivity contribution in [2.45, 2.75) is 25.7 Å². The summed E-state index contributed by atoms with van der Waals surface area (Å²) in [5.41, 5.74) is 2.82. The molecular weight excluding hydrogens is 496 g/mol. The third-order valence-electron chi connectivity index (χ3n) is 5.86. The first-order chi connectivity index (χ1) is 17.5. The predicted octanol–water partition coefficient (Wildman–Crippen LogP) is 4.02. The van der Waals surface area contributed by atoms with Crippen molar-refractivity contribution in [1.29, 1.82) is 0 Å². The Balaban J connectivity index is 2.05. The molecule has 194 valence electrons. The van der Waals surface area contributed by atoms with Gasteiger partial charge in [0, 0.05) is 0 Å². The Morgan fingerprint density at radius 1 is 0.865 bits per heavy atom. The Labute approximate surface area is 216 Å². The normalized spacial score (nSPS) is 10.9. The van der Waals surface area contributed by atoms with Crippen LogP contribution in [0.5, 0.6) is 0 Å². The van der Waals surface area contributed by atoms with Gasteiger partial charge in [0.05, 0.1) is 41.6 Å². The number of hydrogen-bond acceptors (Lipinski definition) is 7. The maximum atomic E-state index is 13.7. The number of amides is 1. The first-order valence-electron chi connectivity index (χ1n) is 11.3. The van der Waals surface area contributed by atoms with Crippen LogP contribution in [-0.4, -0.2) is 47.0 Å². The van der Waals surface area contributed by atoms with Gasteiger partial charge in [-0.05, 0) is 68.3 Å². The molecule has 0 spiro atoms. The van der Waals surface area contributed by atoms with Gasteiger partial charge in [-0.1, -0.05) is 29.8 Å². The standard InChI is InChI=1S/C27H28N2O7S/c1-17-9-12-21(13-10-17)37(33,34)29(24-8-6-7-18(2)19(24)3)16-25(30)28-23-15-20(26(31)35-4)11-14-22(23)27(32)36-5/h6-15H,16H2,1-5H3,(H,28,30). The van der Waals surface area contributed by atoms with Gasteiger partial charge in [0.1, 0.15) is 6.54 Å². The minimum Gasteiger partial charge on any atom is -0.465 e. The summed E-state index contributed by atoms with van der Waals surface area (Å²) in [5, 5.41) is 2.56. The Morgan fingerprint density at radius 2 is 1.51 bits per heavy atom. The second kappa shape index (κ2) is 11.3. The number of anilines is 2. The number of nitrogens with one attached hydrogen (secondary N) is 1.